The Balaban J connectivity index is 4.35. The summed E-state index contributed by atoms with van der Waals surface area (Å²) < 4.78 is 16.9. The first-order valence-electron chi connectivity index (χ1n) is 34.4. The van der Waals surface area contributed by atoms with E-state index >= 15 is 0 Å². The molecule has 81 heavy (non-hydrogen) atoms. The van der Waals surface area contributed by atoms with Crippen LogP contribution in [-0.4, -0.2) is 37.2 Å². The number of carbonyl (C=O) groups excluding carboxylic acids is 3. The number of esters is 3. The smallest absolute Gasteiger partial charge is 0.306 e. The maximum Gasteiger partial charge on any atom is 0.306 e. The summed E-state index contributed by atoms with van der Waals surface area (Å²) >= 11 is 0. The average Bonchev–Trinajstić information content (AvgIpc) is 3.47. The molecule has 0 bridgehead atoms. The van der Waals surface area contributed by atoms with Crippen molar-refractivity contribution in [2.45, 2.75) is 335 Å². The third-order valence-corrected chi connectivity index (χ3v) is 14.7. The third kappa shape index (κ3) is 66.8. The molecule has 0 heterocycles. The van der Waals surface area contributed by atoms with Gasteiger partial charge in [-0.25, -0.2) is 0 Å². The second-order valence-electron chi connectivity index (χ2n) is 22.7. The molecule has 0 radical (unpaired) electrons. The zero-order valence-electron chi connectivity index (χ0n) is 53.3. The third-order valence-electron chi connectivity index (χ3n) is 14.7. The highest BCUT2D eigenvalue weighted by Gasteiger charge is 2.19. The molecule has 0 aromatic rings. The van der Waals surface area contributed by atoms with Crippen molar-refractivity contribution in [3.05, 3.63) is 109 Å². The van der Waals surface area contributed by atoms with E-state index in [1.54, 1.807) is 0 Å². The molecule has 0 N–H and O–H groups in total. The van der Waals surface area contributed by atoms with Crippen molar-refractivity contribution in [1.29, 1.82) is 0 Å². The van der Waals surface area contributed by atoms with Gasteiger partial charge in [-0.05, 0) is 122 Å². The minimum Gasteiger partial charge on any atom is -0.462 e. The molecule has 1 unspecified atom stereocenters. The van der Waals surface area contributed by atoms with Crippen molar-refractivity contribution in [2.75, 3.05) is 13.2 Å². The molecule has 0 aliphatic carbocycles. The lowest BCUT2D eigenvalue weighted by Gasteiger charge is -2.18. The zero-order valence-corrected chi connectivity index (χ0v) is 53.3. The monoisotopic (exact) mass is 1120 g/mol. The number of hydrogen-bond donors (Lipinski definition) is 0. The van der Waals surface area contributed by atoms with E-state index < -0.39 is 6.10 Å². The van der Waals surface area contributed by atoms with Gasteiger partial charge in [0.25, 0.3) is 0 Å². The highest BCUT2D eigenvalue weighted by molar-refractivity contribution is 5.71. The molecule has 0 spiro atoms. The summed E-state index contributed by atoms with van der Waals surface area (Å²) in [4.78, 5) is 38.4. The highest BCUT2D eigenvalue weighted by Crippen LogP contribution is 2.17. The molecule has 0 amide bonds. The maximum atomic E-state index is 13.0. The van der Waals surface area contributed by atoms with Crippen LogP contribution in [0.15, 0.2) is 109 Å². The fourth-order valence-electron chi connectivity index (χ4n) is 9.66. The van der Waals surface area contributed by atoms with Crippen LogP contribution in [0.2, 0.25) is 0 Å². The van der Waals surface area contributed by atoms with Gasteiger partial charge in [-0.2, -0.15) is 0 Å². The number of carbonyl (C=O) groups is 3. The largest absolute Gasteiger partial charge is 0.462 e. The Morgan fingerprint density at radius 1 is 0.259 bits per heavy atom. The van der Waals surface area contributed by atoms with Crippen LogP contribution in [0.3, 0.4) is 0 Å². The van der Waals surface area contributed by atoms with Crippen LogP contribution in [0.5, 0.6) is 0 Å². The number of unbranched alkanes of at least 4 members (excludes halogenated alkanes) is 33. The molecular formula is C75H128O6. The van der Waals surface area contributed by atoms with Crippen molar-refractivity contribution >= 4 is 17.9 Å². The molecule has 1 atom stereocenters. The Morgan fingerprint density at radius 2 is 0.481 bits per heavy atom. The minimum absolute atomic E-state index is 0.0918. The first-order valence-corrected chi connectivity index (χ1v) is 34.4. The number of rotatable bonds is 62. The van der Waals surface area contributed by atoms with Crippen LogP contribution in [0, 0.1) is 0 Å². The lowest BCUT2D eigenvalue weighted by atomic mass is 10.0. The molecule has 6 nitrogen and oxygen atoms in total. The van der Waals surface area contributed by atoms with Crippen LogP contribution in [-0.2, 0) is 28.6 Å². The topological polar surface area (TPSA) is 78.9 Å². The molecule has 6 heteroatoms. The van der Waals surface area contributed by atoms with Crippen LogP contribution in [0.1, 0.15) is 329 Å². The summed E-state index contributed by atoms with van der Waals surface area (Å²) in [6.45, 7) is 6.41. The van der Waals surface area contributed by atoms with Gasteiger partial charge in [0.1, 0.15) is 13.2 Å². The maximum absolute atomic E-state index is 13.0. The van der Waals surface area contributed by atoms with E-state index in [0.717, 1.165) is 109 Å². The molecule has 464 valence electrons. The molecule has 0 fully saturated rings. The Kier molecular flexibility index (Phi) is 65.2. The van der Waals surface area contributed by atoms with Crippen LogP contribution in [0.4, 0.5) is 0 Å². The molecular weight excluding hydrogens is 997 g/mol. The predicted octanol–water partition coefficient (Wildman–Crippen LogP) is 23.8. The molecule has 0 aliphatic heterocycles. The lowest BCUT2D eigenvalue weighted by Crippen LogP contribution is -2.30. The van der Waals surface area contributed by atoms with E-state index in [1.165, 1.54) is 180 Å². The van der Waals surface area contributed by atoms with Crippen molar-refractivity contribution in [3.8, 4) is 0 Å². The SMILES string of the molecule is CC/C=C\C/C=C\C/C=C\C/C=C\CCCCCCCCCCCCCCC(=O)OCC(COC(=O)CCCC/C=C\C/C=C\C/C=C\C/C=C\CC)OC(=O)CCCCCCCCCCCCC/C=C\CCCCCCCCCC. The van der Waals surface area contributed by atoms with Crippen LogP contribution < -0.4 is 0 Å². The quantitative estimate of drug-likeness (QED) is 0.0261. The second kappa shape index (κ2) is 68.6. The Morgan fingerprint density at radius 3 is 0.790 bits per heavy atom. The van der Waals surface area contributed by atoms with E-state index in [-0.39, 0.29) is 31.1 Å². The molecule has 0 rings (SSSR count). The average molecular weight is 1130 g/mol. The Bertz CT molecular complexity index is 1620. The zero-order chi connectivity index (χ0) is 58.5. The van der Waals surface area contributed by atoms with E-state index in [1.807, 2.05) is 0 Å². The molecule has 0 aromatic heterocycles. The van der Waals surface area contributed by atoms with Gasteiger partial charge in [-0.3, -0.25) is 14.4 Å². The Labute approximate surface area is 501 Å². The summed E-state index contributed by atoms with van der Waals surface area (Å²) in [7, 11) is 0. The second-order valence-corrected chi connectivity index (χ2v) is 22.7. The first kappa shape index (κ1) is 77.1. The van der Waals surface area contributed by atoms with Gasteiger partial charge in [0.05, 0.1) is 0 Å². The van der Waals surface area contributed by atoms with Crippen LogP contribution >= 0.6 is 0 Å². The van der Waals surface area contributed by atoms with E-state index in [2.05, 4.69) is 130 Å². The van der Waals surface area contributed by atoms with Crippen LogP contribution in [0.25, 0.3) is 0 Å². The lowest BCUT2D eigenvalue weighted by molar-refractivity contribution is -0.167. The molecule has 0 aliphatic rings. The van der Waals surface area contributed by atoms with Gasteiger partial charge >= 0.3 is 17.9 Å². The molecule has 0 aromatic carbocycles. The number of allylic oxidation sites excluding steroid dienone is 18. The van der Waals surface area contributed by atoms with Crippen molar-refractivity contribution < 1.29 is 28.6 Å². The summed E-state index contributed by atoms with van der Waals surface area (Å²) in [5.41, 5.74) is 0. The summed E-state index contributed by atoms with van der Waals surface area (Å²) in [6.07, 6.45) is 94.0. The fraction of sp³-hybridized carbons (Fsp3) is 0.720. The number of hydrogen-bond acceptors (Lipinski definition) is 6. The summed E-state index contributed by atoms with van der Waals surface area (Å²) in [5, 5.41) is 0. The minimum atomic E-state index is -0.799. The van der Waals surface area contributed by atoms with Gasteiger partial charge in [0.2, 0.25) is 0 Å². The first-order chi connectivity index (χ1) is 40.0. The molecule has 0 saturated heterocycles. The summed E-state index contributed by atoms with van der Waals surface area (Å²) in [6, 6.07) is 0. The standard InChI is InChI=1S/C75H128O6/c1-4-7-10-13-16-19-22-25-28-30-32-34-36-37-39-40-42-44-47-50-53-56-59-62-65-68-74(77)80-71-72(70-79-73(76)67-64-61-58-55-52-49-46-27-24-21-18-15-12-9-6-3)81-75(78)69-66-63-60-57-54-51-48-45-43-41-38-35-33-31-29-26-23-20-17-14-11-8-5-2/h7,9-10,12,16,18-19,21,25,27-28,31-34,46,52,55,72H,4-6,8,11,13-15,17,20,22-24,26,29-30,35-45,47-51,53-54,56-71H2,1-3H3/b10-7-,12-9-,19-16-,21-18-,28-25-,33-31-,34-32-,46-27-,55-52-. The van der Waals surface area contributed by atoms with Gasteiger partial charge in [-0.1, -0.05) is 297 Å². The van der Waals surface area contributed by atoms with E-state index in [4.69, 9.17) is 14.2 Å². The van der Waals surface area contributed by atoms with E-state index in [9.17, 15) is 14.4 Å². The van der Waals surface area contributed by atoms with Gasteiger partial charge < -0.3 is 14.2 Å². The number of ether oxygens (including phenoxy) is 3. The van der Waals surface area contributed by atoms with Gasteiger partial charge in [0, 0.05) is 19.3 Å². The fourth-order valence-corrected chi connectivity index (χ4v) is 9.66. The normalized spacial score (nSPS) is 12.8. The van der Waals surface area contributed by atoms with Gasteiger partial charge in [-0.15, -0.1) is 0 Å². The van der Waals surface area contributed by atoms with Crippen molar-refractivity contribution in [2.24, 2.45) is 0 Å². The highest BCUT2D eigenvalue weighted by atomic mass is 16.6. The van der Waals surface area contributed by atoms with Crippen molar-refractivity contribution in [3.63, 3.8) is 0 Å². The predicted molar refractivity (Wildman–Crippen MR) is 353 cm³/mol. The molecule has 0 saturated carbocycles. The Hall–Kier alpha value is -3.93. The van der Waals surface area contributed by atoms with E-state index in [0.29, 0.717) is 19.3 Å². The van der Waals surface area contributed by atoms with Crippen molar-refractivity contribution in [1.82, 2.24) is 0 Å². The summed E-state index contributed by atoms with van der Waals surface area (Å²) in [5.74, 6) is -0.926. The van der Waals surface area contributed by atoms with Gasteiger partial charge in [0.15, 0.2) is 6.10 Å².